The molecular formula is C28H20N4O12S2. The highest BCUT2D eigenvalue weighted by Crippen LogP contribution is 2.33. The van der Waals surface area contributed by atoms with Crippen LogP contribution in [0.1, 0.15) is 31.8 Å². The summed E-state index contributed by atoms with van der Waals surface area (Å²) >= 11 is 0. The number of carbonyl (C=O) groups is 2. The number of carboxylic acids is 2. The van der Waals surface area contributed by atoms with Crippen molar-refractivity contribution in [3.8, 4) is 11.5 Å². The summed E-state index contributed by atoms with van der Waals surface area (Å²) in [6.07, 6.45) is 2.27. The Hall–Kier alpha value is -5.82. The number of phenols is 2. The van der Waals surface area contributed by atoms with Gasteiger partial charge in [-0.3, -0.25) is 9.11 Å². The van der Waals surface area contributed by atoms with Gasteiger partial charge >= 0.3 is 11.9 Å². The van der Waals surface area contributed by atoms with Crippen molar-refractivity contribution in [2.75, 3.05) is 0 Å². The van der Waals surface area contributed by atoms with E-state index in [-0.39, 0.29) is 45.0 Å². The molecule has 4 aromatic rings. The average Bonchev–Trinajstić information content (AvgIpc) is 2.98. The first-order valence-electron chi connectivity index (χ1n) is 12.4. The maximum atomic E-state index is 12.1. The summed E-state index contributed by atoms with van der Waals surface area (Å²) in [7, 11) is -9.74. The van der Waals surface area contributed by atoms with Gasteiger partial charge in [-0.2, -0.15) is 27.1 Å². The van der Waals surface area contributed by atoms with E-state index in [4.69, 9.17) is 10.2 Å². The minimum atomic E-state index is -4.87. The van der Waals surface area contributed by atoms with Gasteiger partial charge in [0.25, 0.3) is 20.2 Å². The van der Waals surface area contributed by atoms with Gasteiger partial charge in [0.15, 0.2) is 0 Å². The van der Waals surface area contributed by atoms with Crippen LogP contribution in [-0.2, 0) is 20.2 Å². The van der Waals surface area contributed by atoms with E-state index < -0.39 is 53.5 Å². The molecule has 0 fully saturated rings. The zero-order chi connectivity index (χ0) is 33.8. The molecule has 16 nitrogen and oxygen atoms in total. The molecule has 0 aliphatic rings. The van der Waals surface area contributed by atoms with Crippen LogP contribution in [0.25, 0.3) is 12.2 Å². The number of aromatic hydroxyl groups is 2. The molecule has 0 atom stereocenters. The maximum absolute atomic E-state index is 12.1. The summed E-state index contributed by atoms with van der Waals surface area (Å²) in [5.41, 5.74) is -1.11. The van der Waals surface area contributed by atoms with Crippen LogP contribution in [0.15, 0.2) is 103 Å². The Morgan fingerprint density at radius 1 is 0.543 bits per heavy atom. The van der Waals surface area contributed by atoms with Crippen molar-refractivity contribution in [2.24, 2.45) is 20.5 Å². The molecule has 0 spiro atoms. The molecule has 0 radical (unpaired) electrons. The summed E-state index contributed by atoms with van der Waals surface area (Å²) in [5, 5.41) is 53.1. The zero-order valence-corrected chi connectivity index (χ0v) is 24.5. The van der Waals surface area contributed by atoms with Gasteiger partial charge in [0, 0.05) is 0 Å². The van der Waals surface area contributed by atoms with E-state index in [1.165, 1.54) is 36.4 Å². The number of nitrogens with zero attached hydrogens (tertiary/aromatic N) is 4. The van der Waals surface area contributed by atoms with Crippen LogP contribution in [0.5, 0.6) is 11.5 Å². The molecule has 0 unspecified atom stereocenters. The van der Waals surface area contributed by atoms with Gasteiger partial charge in [-0.1, -0.05) is 24.3 Å². The fraction of sp³-hybridized carbons (Fsp3) is 0. The Kier molecular flexibility index (Phi) is 9.38. The first-order chi connectivity index (χ1) is 21.5. The van der Waals surface area contributed by atoms with E-state index in [1.54, 1.807) is 0 Å². The van der Waals surface area contributed by atoms with Gasteiger partial charge in [0.05, 0.1) is 22.5 Å². The summed E-state index contributed by atoms with van der Waals surface area (Å²) in [6, 6.07) is 13.4. The fourth-order valence-corrected chi connectivity index (χ4v) is 5.18. The van der Waals surface area contributed by atoms with Crippen molar-refractivity contribution in [1.29, 1.82) is 0 Å². The lowest BCUT2D eigenvalue weighted by Gasteiger charge is -2.06. The molecule has 4 rings (SSSR count). The number of azo groups is 2. The van der Waals surface area contributed by atoms with Gasteiger partial charge in [-0.05, 0) is 71.8 Å². The number of hydrogen-bond acceptors (Lipinski definition) is 12. The molecule has 0 aromatic heterocycles. The summed E-state index contributed by atoms with van der Waals surface area (Å²) in [4.78, 5) is 20.7. The third kappa shape index (κ3) is 8.01. The summed E-state index contributed by atoms with van der Waals surface area (Å²) in [5.74, 6) is -3.58. The van der Waals surface area contributed by atoms with E-state index in [2.05, 4.69) is 20.5 Å². The second-order valence-corrected chi connectivity index (χ2v) is 11.9. The molecule has 0 amide bonds. The van der Waals surface area contributed by atoms with Crippen molar-refractivity contribution < 1.29 is 56.0 Å². The van der Waals surface area contributed by atoms with Crippen LogP contribution < -0.4 is 0 Å². The lowest BCUT2D eigenvalue weighted by molar-refractivity contribution is 0.0686. The maximum Gasteiger partial charge on any atom is 0.335 e. The number of phenolic OH excluding ortho intramolecular Hbond substituents is 2. The Morgan fingerprint density at radius 3 is 1.22 bits per heavy atom. The normalized spacial score (nSPS) is 12.3. The number of rotatable bonds is 10. The number of benzene rings is 4. The Morgan fingerprint density at radius 2 is 0.913 bits per heavy atom. The standard InChI is InChI=1S/C28H20N4O12S2/c33-23-11-17(27(35)36)5-9-21(23)31-29-19-7-3-15(25(13-19)45(39,40)41)1-2-16-4-8-20(14-26(16)46(42,43)44)30-32-22-10-6-18(28(37)38)12-24(22)34/h1-14,33-34H,(H,35,36)(H,37,38)(H,39,40,41)(H,42,43,44)/b2-1+,31-29?,32-30?. The molecule has 6 N–H and O–H groups in total. The highest BCUT2D eigenvalue weighted by molar-refractivity contribution is 7.86. The second kappa shape index (κ2) is 13.0. The molecule has 0 aliphatic carbocycles. The van der Waals surface area contributed by atoms with Crippen LogP contribution in [0.2, 0.25) is 0 Å². The number of carboxylic acid groups (broad SMARTS) is 2. The minimum absolute atomic E-state index is 0.0940. The monoisotopic (exact) mass is 668 g/mol. The zero-order valence-electron chi connectivity index (χ0n) is 22.8. The lowest BCUT2D eigenvalue weighted by Crippen LogP contribution is -2.01. The Bertz CT molecular complexity index is 2040. The second-order valence-electron chi connectivity index (χ2n) is 9.15. The number of hydrogen-bond donors (Lipinski definition) is 6. The van der Waals surface area contributed by atoms with Crippen molar-refractivity contribution in [3.05, 3.63) is 95.1 Å². The van der Waals surface area contributed by atoms with Gasteiger partial charge in [0.1, 0.15) is 32.7 Å². The van der Waals surface area contributed by atoms with Crippen molar-refractivity contribution in [2.45, 2.75) is 9.79 Å². The first-order valence-corrected chi connectivity index (χ1v) is 15.3. The third-order valence-corrected chi connectivity index (χ3v) is 7.80. The van der Waals surface area contributed by atoms with E-state index in [9.17, 15) is 45.7 Å². The third-order valence-electron chi connectivity index (χ3n) is 5.98. The summed E-state index contributed by atoms with van der Waals surface area (Å²) < 4.78 is 68.1. The van der Waals surface area contributed by atoms with Crippen molar-refractivity contribution in [1.82, 2.24) is 0 Å². The topological polar surface area (TPSA) is 273 Å². The summed E-state index contributed by atoms with van der Waals surface area (Å²) in [6.45, 7) is 0. The van der Waals surface area contributed by atoms with Crippen LogP contribution in [0, 0.1) is 0 Å². The van der Waals surface area contributed by atoms with E-state index in [0.717, 1.165) is 48.6 Å². The average molecular weight is 669 g/mol. The smallest absolute Gasteiger partial charge is 0.335 e. The molecule has 0 bridgehead atoms. The van der Waals surface area contributed by atoms with Crippen LogP contribution in [0.4, 0.5) is 22.7 Å². The Balaban J connectivity index is 1.65. The van der Waals surface area contributed by atoms with Crippen LogP contribution >= 0.6 is 0 Å². The van der Waals surface area contributed by atoms with Crippen LogP contribution in [0.3, 0.4) is 0 Å². The predicted octanol–water partition coefficient (Wildman–Crippen LogP) is 5.99. The molecule has 0 saturated heterocycles. The lowest BCUT2D eigenvalue weighted by atomic mass is 10.1. The van der Waals surface area contributed by atoms with Crippen molar-refractivity contribution in [3.63, 3.8) is 0 Å². The predicted molar refractivity (Wildman–Crippen MR) is 160 cm³/mol. The van der Waals surface area contributed by atoms with Crippen LogP contribution in [-0.4, -0.2) is 58.3 Å². The Labute approximate surface area is 259 Å². The highest BCUT2D eigenvalue weighted by Gasteiger charge is 2.18. The van der Waals surface area contributed by atoms with E-state index >= 15 is 0 Å². The van der Waals surface area contributed by atoms with Gasteiger partial charge in [-0.25, -0.2) is 9.59 Å². The number of aromatic carboxylic acids is 2. The molecular weight excluding hydrogens is 648 g/mol. The molecule has 0 heterocycles. The van der Waals surface area contributed by atoms with E-state index in [1.807, 2.05) is 0 Å². The largest absolute Gasteiger partial charge is 0.506 e. The molecule has 0 saturated carbocycles. The molecule has 236 valence electrons. The minimum Gasteiger partial charge on any atom is -0.506 e. The quantitative estimate of drug-likeness (QED) is 0.0646. The molecule has 0 aliphatic heterocycles. The molecule has 4 aromatic carbocycles. The molecule has 46 heavy (non-hydrogen) atoms. The van der Waals surface area contributed by atoms with Crippen molar-refractivity contribution >= 4 is 67.1 Å². The molecule has 18 heteroatoms. The van der Waals surface area contributed by atoms with Gasteiger partial charge in [0.2, 0.25) is 0 Å². The first kappa shape index (κ1) is 33.1. The fourth-order valence-electron chi connectivity index (χ4n) is 3.78. The van der Waals surface area contributed by atoms with Gasteiger partial charge < -0.3 is 20.4 Å². The SMILES string of the molecule is O=C(O)c1ccc(N=Nc2ccc(/C=C/c3ccc(N=Nc4ccc(C(=O)O)cc4O)cc3S(=O)(=O)O)c(S(=O)(=O)O)c2)c(O)c1. The van der Waals surface area contributed by atoms with E-state index in [0.29, 0.717) is 0 Å². The van der Waals surface area contributed by atoms with Gasteiger partial charge in [-0.15, -0.1) is 10.2 Å². The highest BCUT2D eigenvalue weighted by atomic mass is 32.2.